The molecule has 0 aromatic heterocycles. The zero-order valence-corrected chi connectivity index (χ0v) is 14.7. The van der Waals surface area contributed by atoms with Crippen LogP contribution in [0.1, 0.15) is 34.6 Å². The van der Waals surface area contributed by atoms with E-state index in [9.17, 15) is 14.4 Å². The van der Waals surface area contributed by atoms with E-state index in [1.165, 1.54) is 0 Å². The monoisotopic (exact) mass is 399 g/mol. The van der Waals surface area contributed by atoms with Crippen LogP contribution in [0, 0.1) is 5.41 Å². The van der Waals surface area contributed by atoms with Crippen LogP contribution in [0.25, 0.3) is 0 Å². The van der Waals surface area contributed by atoms with Gasteiger partial charge in [0.05, 0.1) is 13.2 Å². The number of nitrogens with zero attached hydrogens (tertiary/aromatic N) is 1. The molecule has 0 aliphatic heterocycles. The lowest BCUT2D eigenvalue weighted by atomic mass is 9.94. The number of carbonyl (C=O) groups excluding carboxylic acids is 3. The first kappa shape index (κ1) is 19.1. The van der Waals surface area contributed by atoms with Crippen molar-refractivity contribution in [2.75, 3.05) is 17.6 Å². The van der Waals surface area contributed by atoms with E-state index in [2.05, 4.69) is 0 Å². The lowest BCUT2D eigenvalue weighted by Crippen LogP contribution is -2.53. The number of halogens is 1. The molecule has 6 nitrogen and oxygen atoms in total. The molecule has 2 amide bonds. The molecular weight excluding hydrogens is 377 g/mol. The van der Waals surface area contributed by atoms with Crippen LogP contribution < -0.4 is 0 Å². The lowest BCUT2D eigenvalue weighted by molar-refractivity contribution is -0.154. The third-order valence-electron chi connectivity index (χ3n) is 2.34. The molecule has 7 heteroatoms. The van der Waals surface area contributed by atoms with E-state index in [-0.39, 0.29) is 17.6 Å². The minimum atomic E-state index is -0.971. The second-order valence-corrected chi connectivity index (χ2v) is 5.93. The molecule has 1 atom stereocenters. The van der Waals surface area contributed by atoms with Gasteiger partial charge < -0.3 is 9.47 Å². The van der Waals surface area contributed by atoms with Crippen molar-refractivity contribution in [2.45, 2.75) is 40.7 Å². The van der Waals surface area contributed by atoms with Crippen LogP contribution in [0.5, 0.6) is 0 Å². The molecule has 0 saturated carbocycles. The number of esters is 1. The number of imide groups is 1. The Bertz CT molecular complexity index is 364. The zero-order valence-electron chi connectivity index (χ0n) is 12.6. The molecule has 0 bridgehead atoms. The predicted molar refractivity (Wildman–Crippen MR) is 82.6 cm³/mol. The molecule has 116 valence electrons. The van der Waals surface area contributed by atoms with Crippen LogP contribution in [0.2, 0.25) is 0 Å². The van der Waals surface area contributed by atoms with Crippen molar-refractivity contribution in [3.8, 4) is 0 Å². The molecule has 0 aromatic rings. The highest BCUT2D eigenvalue weighted by Gasteiger charge is 2.40. The fraction of sp³-hybridized carbons (Fsp3) is 0.769. The summed E-state index contributed by atoms with van der Waals surface area (Å²) in [6.45, 7) is 8.66. The highest BCUT2D eigenvalue weighted by molar-refractivity contribution is 14.1. The Morgan fingerprint density at radius 1 is 1.10 bits per heavy atom. The fourth-order valence-corrected chi connectivity index (χ4v) is 2.14. The van der Waals surface area contributed by atoms with Crippen molar-refractivity contribution < 1.29 is 23.9 Å². The van der Waals surface area contributed by atoms with E-state index < -0.39 is 29.4 Å². The largest absolute Gasteiger partial charge is 0.464 e. The van der Waals surface area contributed by atoms with Gasteiger partial charge in [-0.25, -0.2) is 14.5 Å². The van der Waals surface area contributed by atoms with Crippen molar-refractivity contribution in [1.82, 2.24) is 4.90 Å². The van der Waals surface area contributed by atoms with Gasteiger partial charge in [0, 0.05) is 9.84 Å². The number of hydrogen-bond donors (Lipinski definition) is 0. The summed E-state index contributed by atoms with van der Waals surface area (Å²) in [5, 5.41) is 0. The van der Waals surface area contributed by atoms with Gasteiger partial charge in [-0.15, -0.1) is 0 Å². The van der Waals surface area contributed by atoms with E-state index in [0.717, 1.165) is 4.90 Å². The summed E-state index contributed by atoms with van der Waals surface area (Å²) in [5.74, 6) is -1.07. The summed E-state index contributed by atoms with van der Waals surface area (Å²) in [5.41, 5.74) is -0.802. The average molecular weight is 399 g/mol. The standard InChI is InChI=1S/C13H22INO5/c1-6-19-10(16)9(8-14)15(12(18)20-7-2)11(17)13(3,4)5/h9H,6-8H2,1-5H3/t9-/m0/s1. The van der Waals surface area contributed by atoms with Gasteiger partial charge in [0.15, 0.2) is 0 Å². The Morgan fingerprint density at radius 2 is 1.60 bits per heavy atom. The Labute approximate surface area is 133 Å². The van der Waals surface area contributed by atoms with Crippen LogP contribution in [-0.2, 0) is 19.1 Å². The van der Waals surface area contributed by atoms with Crippen LogP contribution in [0.15, 0.2) is 0 Å². The normalized spacial score (nSPS) is 12.5. The third-order valence-corrected chi connectivity index (χ3v) is 3.18. The topological polar surface area (TPSA) is 72.9 Å². The summed E-state index contributed by atoms with van der Waals surface area (Å²) in [6.07, 6.45) is -0.817. The molecule has 0 aliphatic carbocycles. The summed E-state index contributed by atoms with van der Waals surface area (Å²) in [4.78, 5) is 37.2. The zero-order chi connectivity index (χ0) is 15.9. The van der Waals surface area contributed by atoms with Gasteiger partial charge in [0.1, 0.15) is 6.04 Å². The molecular formula is C13H22INO5. The van der Waals surface area contributed by atoms with Gasteiger partial charge in [-0.2, -0.15) is 0 Å². The van der Waals surface area contributed by atoms with Gasteiger partial charge in [-0.3, -0.25) is 4.79 Å². The average Bonchev–Trinajstić information content (AvgIpc) is 2.34. The smallest absolute Gasteiger partial charge is 0.417 e. The Hall–Kier alpha value is -0.860. The van der Waals surface area contributed by atoms with E-state index in [4.69, 9.17) is 9.47 Å². The maximum absolute atomic E-state index is 12.4. The highest BCUT2D eigenvalue weighted by atomic mass is 127. The highest BCUT2D eigenvalue weighted by Crippen LogP contribution is 2.21. The molecule has 0 saturated heterocycles. The second-order valence-electron chi connectivity index (χ2n) is 5.05. The molecule has 20 heavy (non-hydrogen) atoms. The maximum Gasteiger partial charge on any atom is 0.417 e. The predicted octanol–water partition coefficient (Wildman–Crippen LogP) is 2.38. The summed E-state index contributed by atoms with van der Waals surface area (Å²) in [7, 11) is 0. The van der Waals surface area contributed by atoms with E-state index in [1.54, 1.807) is 34.6 Å². The first-order chi connectivity index (χ1) is 9.20. The van der Waals surface area contributed by atoms with Gasteiger partial charge in [0.2, 0.25) is 5.91 Å². The van der Waals surface area contributed by atoms with Crippen LogP contribution >= 0.6 is 22.6 Å². The lowest BCUT2D eigenvalue weighted by Gasteiger charge is -2.31. The van der Waals surface area contributed by atoms with Crippen LogP contribution in [-0.4, -0.2) is 46.6 Å². The summed E-state index contributed by atoms with van der Waals surface area (Å²) >= 11 is 1.94. The summed E-state index contributed by atoms with van der Waals surface area (Å²) in [6, 6.07) is -0.971. The van der Waals surface area contributed by atoms with Crippen LogP contribution in [0.3, 0.4) is 0 Å². The Kier molecular flexibility index (Phi) is 8.07. The molecule has 0 N–H and O–H groups in total. The molecule has 0 radical (unpaired) electrons. The third kappa shape index (κ3) is 5.26. The molecule has 0 spiro atoms. The minimum absolute atomic E-state index is 0.129. The van der Waals surface area contributed by atoms with E-state index >= 15 is 0 Å². The molecule has 0 rings (SSSR count). The first-order valence-electron chi connectivity index (χ1n) is 6.43. The maximum atomic E-state index is 12.4. The van der Waals surface area contributed by atoms with Crippen molar-refractivity contribution in [3.05, 3.63) is 0 Å². The number of hydrogen-bond acceptors (Lipinski definition) is 5. The van der Waals surface area contributed by atoms with E-state index in [1.807, 2.05) is 22.6 Å². The summed E-state index contributed by atoms with van der Waals surface area (Å²) < 4.78 is 10.1. The van der Waals surface area contributed by atoms with Gasteiger partial charge in [-0.1, -0.05) is 43.4 Å². The first-order valence-corrected chi connectivity index (χ1v) is 7.96. The quantitative estimate of drug-likeness (QED) is 0.403. The van der Waals surface area contributed by atoms with E-state index in [0.29, 0.717) is 0 Å². The number of amides is 2. The van der Waals surface area contributed by atoms with Crippen molar-refractivity contribution >= 4 is 40.6 Å². The van der Waals surface area contributed by atoms with Crippen molar-refractivity contribution in [2.24, 2.45) is 5.41 Å². The van der Waals surface area contributed by atoms with Crippen molar-refractivity contribution in [3.63, 3.8) is 0 Å². The SMILES string of the molecule is CCOC(=O)[C@H](CI)N(C(=O)OCC)C(=O)C(C)(C)C. The number of ether oxygens (including phenoxy) is 2. The second kappa shape index (κ2) is 8.43. The van der Waals surface area contributed by atoms with Crippen molar-refractivity contribution in [1.29, 1.82) is 0 Å². The molecule has 0 heterocycles. The van der Waals surface area contributed by atoms with Gasteiger partial charge in [-0.05, 0) is 13.8 Å². The van der Waals surface area contributed by atoms with Gasteiger partial charge >= 0.3 is 12.1 Å². The number of rotatable bonds is 5. The Balaban J connectivity index is 5.43. The number of carbonyl (C=O) groups is 3. The number of alkyl halides is 1. The molecule has 0 aromatic carbocycles. The minimum Gasteiger partial charge on any atom is -0.464 e. The molecule has 0 aliphatic rings. The van der Waals surface area contributed by atoms with Gasteiger partial charge in [0.25, 0.3) is 0 Å². The Morgan fingerprint density at radius 3 is 1.95 bits per heavy atom. The molecule has 0 unspecified atom stereocenters. The van der Waals surface area contributed by atoms with Crippen LogP contribution in [0.4, 0.5) is 4.79 Å². The fourth-order valence-electron chi connectivity index (χ4n) is 1.38. The molecule has 0 fully saturated rings.